The van der Waals surface area contributed by atoms with Gasteiger partial charge in [-0.05, 0) is 132 Å². The normalized spacial score (nSPS) is 12.4. The minimum atomic E-state index is -3.39. The third kappa shape index (κ3) is 65.9. The molecule has 0 amide bonds. The SMILES string of the molecule is CC/C=C/C=C/OP(=O)(OCC)OCC.CC/C=C/C=C\OP(=O)(OCC)OCC.CC/C=C\C=C/OP(=O)(OCC)OCC.CC/C=C\C=C\OP(=O)(OCC)OCC.CCC/C=C/C=O.CCOP(=O)(Cl)OCC. The average molecular weight is 1210 g/mol. The molecule has 448 valence electrons. The number of carbonyl (C=O) groups is 1. The molecule has 0 aromatic rings. The molecule has 0 spiro atoms. The summed E-state index contributed by atoms with van der Waals surface area (Å²) in [5, 5.41) is 0. The molecule has 0 aliphatic carbocycles. The van der Waals surface area contributed by atoms with Crippen molar-refractivity contribution in [1.82, 2.24) is 0 Å². The zero-order valence-electron chi connectivity index (χ0n) is 48.1. The predicted molar refractivity (Wildman–Crippen MR) is 309 cm³/mol. The molecular weight excluding hydrogens is 1110 g/mol. The molecule has 0 aromatic carbocycles. The second-order valence-corrected chi connectivity index (χ2v) is 21.9. The first kappa shape index (κ1) is 84.9. The Bertz CT molecular complexity index is 1560. The Morgan fingerprint density at radius 1 is 0.303 bits per heavy atom. The number of hydrogen-bond acceptors (Lipinski definition) is 20. The molecule has 0 radical (unpaired) electrons. The lowest BCUT2D eigenvalue weighted by atomic mass is 10.3. The third-order valence-corrected chi connectivity index (χ3v) is 14.4. The van der Waals surface area contributed by atoms with Gasteiger partial charge in [-0.3, -0.25) is 50.0 Å². The van der Waals surface area contributed by atoms with E-state index in [0.29, 0.717) is 13.2 Å². The van der Waals surface area contributed by atoms with Crippen molar-refractivity contribution in [2.45, 2.75) is 142 Å². The van der Waals surface area contributed by atoms with E-state index in [1.165, 1.54) is 31.1 Å². The van der Waals surface area contributed by atoms with E-state index in [2.05, 4.69) is 16.0 Å². The van der Waals surface area contributed by atoms with Crippen LogP contribution in [0.2, 0.25) is 0 Å². The van der Waals surface area contributed by atoms with Crippen LogP contribution in [0, 0.1) is 0 Å². The van der Waals surface area contributed by atoms with Gasteiger partial charge in [-0.2, -0.15) is 0 Å². The van der Waals surface area contributed by atoms with E-state index in [0.717, 1.165) is 44.8 Å². The molecule has 0 bridgehead atoms. The van der Waals surface area contributed by atoms with Crippen LogP contribution in [0.15, 0.2) is 110 Å². The molecule has 0 saturated carbocycles. The molecule has 20 nitrogen and oxygen atoms in total. The van der Waals surface area contributed by atoms with Crippen LogP contribution < -0.4 is 0 Å². The van der Waals surface area contributed by atoms with E-state index < -0.39 is 38.2 Å². The molecule has 0 atom stereocenters. The summed E-state index contributed by atoms with van der Waals surface area (Å²) in [6, 6.07) is 0. The molecule has 0 fully saturated rings. The van der Waals surface area contributed by atoms with Crippen molar-refractivity contribution < 1.29 is 91.0 Å². The maximum atomic E-state index is 11.7. The lowest BCUT2D eigenvalue weighted by Gasteiger charge is -2.13. The third-order valence-electron chi connectivity index (χ3n) is 6.54. The van der Waals surface area contributed by atoms with Gasteiger partial charge in [-0.25, -0.2) is 22.8 Å². The van der Waals surface area contributed by atoms with Gasteiger partial charge < -0.3 is 18.1 Å². The topological polar surface area (TPSA) is 232 Å². The maximum Gasteiger partial charge on any atom is 0.529 e. The first-order valence-corrected chi connectivity index (χ1v) is 33.8. The van der Waals surface area contributed by atoms with Gasteiger partial charge in [0.05, 0.1) is 91.1 Å². The number of aldehydes is 1. The number of rotatable bonds is 39. The molecular formula is C50H96ClO20P5. The Hall–Kier alpha value is -2.43. The number of halogens is 1. The molecule has 0 heterocycles. The van der Waals surface area contributed by atoms with Crippen LogP contribution in [0.25, 0.3) is 0 Å². The number of allylic oxidation sites excluding steroid dienone is 14. The standard InChI is InChI=1S/4C10H19O4P.C6H10O.C4H10ClO3P/c4*1-4-7-8-9-10-14-15(11,12-5-2)13-6-3;1-2-3-4-5-6-7;1-3-7-9(5,6)8-4-2/h4*7-10H,4-6H2,1-3H3;4-6H,2-3H2,1H3;3-4H2,1-2H3/b8-7+,10-9+;8-7+,10-9-;8-7-,10-9+;8-7-,10-9-;5-4+;. The van der Waals surface area contributed by atoms with Crippen molar-refractivity contribution in [2.24, 2.45) is 0 Å². The van der Waals surface area contributed by atoms with Crippen molar-refractivity contribution in [1.29, 1.82) is 0 Å². The summed E-state index contributed by atoms with van der Waals surface area (Å²) in [6.07, 6.45) is 37.0. The van der Waals surface area contributed by atoms with Gasteiger partial charge in [0, 0.05) is 11.2 Å². The second-order valence-electron chi connectivity index (χ2n) is 12.8. The molecule has 0 aliphatic heterocycles. The molecule has 0 unspecified atom stereocenters. The first-order chi connectivity index (χ1) is 36.3. The van der Waals surface area contributed by atoms with Gasteiger partial charge in [-0.15, -0.1) is 0 Å². The molecule has 0 aliphatic rings. The number of hydrogen-bond donors (Lipinski definition) is 0. The number of carbonyl (C=O) groups excluding carboxylic acids is 1. The highest BCUT2D eigenvalue weighted by Crippen LogP contribution is 2.53. The highest BCUT2D eigenvalue weighted by molar-refractivity contribution is 7.81. The van der Waals surface area contributed by atoms with E-state index in [1.807, 2.05) is 82.4 Å². The zero-order valence-corrected chi connectivity index (χ0v) is 53.3. The van der Waals surface area contributed by atoms with Crippen molar-refractivity contribution in [2.75, 3.05) is 66.1 Å². The van der Waals surface area contributed by atoms with E-state index in [1.54, 1.807) is 93.5 Å². The highest BCUT2D eigenvalue weighted by Gasteiger charge is 2.27. The van der Waals surface area contributed by atoms with Gasteiger partial charge in [0.15, 0.2) is 0 Å². The molecule has 0 N–H and O–H groups in total. The second kappa shape index (κ2) is 63.4. The maximum absolute atomic E-state index is 11.7. The Balaban J connectivity index is -0.000000197. The average Bonchev–Trinajstić information content (AvgIpc) is 3.35. The summed E-state index contributed by atoms with van der Waals surface area (Å²) in [7, 11) is -13.6. The molecule has 0 aromatic heterocycles. The fourth-order valence-electron chi connectivity index (χ4n) is 3.80. The minimum Gasteiger partial charge on any atom is -0.412 e. The Morgan fingerprint density at radius 3 is 0.671 bits per heavy atom. The molecule has 0 rings (SSSR count). The van der Waals surface area contributed by atoms with Gasteiger partial charge in [0.1, 0.15) is 6.29 Å². The fraction of sp³-hybridized carbons (Fsp3) is 0.620. The van der Waals surface area contributed by atoms with Crippen molar-refractivity contribution >= 4 is 55.8 Å². The van der Waals surface area contributed by atoms with Crippen LogP contribution >= 0.6 is 49.5 Å². The summed E-state index contributed by atoms with van der Waals surface area (Å²) in [4.78, 5) is 9.59. The van der Waals surface area contributed by atoms with Gasteiger partial charge >= 0.3 is 38.2 Å². The monoisotopic (exact) mass is 1210 g/mol. The van der Waals surface area contributed by atoms with E-state index in [-0.39, 0.29) is 52.9 Å². The first-order valence-electron chi connectivity index (χ1n) is 25.5. The summed E-state index contributed by atoms with van der Waals surface area (Å²) in [5.74, 6) is 0. The predicted octanol–water partition coefficient (Wildman–Crippen LogP) is 18.6. The Kier molecular flexibility index (Phi) is 70.8. The highest BCUT2D eigenvalue weighted by atomic mass is 35.7. The van der Waals surface area contributed by atoms with Crippen LogP contribution in [0.5, 0.6) is 0 Å². The van der Waals surface area contributed by atoms with Crippen LogP contribution in [-0.4, -0.2) is 72.4 Å². The summed E-state index contributed by atoms with van der Waals surface area (Å²) < 4.78 is 126. The minimum absolute atomic E-state index is 0.288. The number of unbranched alkanes of at least 4 members (excludes halogenated alkanes) is 1. The lowest BCUT2D eigenvalue weighted by Crippen LogP contribution is -1.96. The molecule has 26 heteroatoms. The van der Waals surface area contributed by atoms with Crippen LogP contribution in [0.1, 0.15) is 142 Å². The summed E-state index contributed by atoms with van der Waals surface area (Å²) in [6.45, 7) is 27.1. The lowest BCUT2D eigenvalue weighted by molar-refractivity contribution is -0.104. The Morgan fingerprint density at radius 2 is 0.513 bits per heavy atom. The fourth-order valence-corrected chi connectivity index (χ4v) is 9.27. The van der Waals surface area contributed by atoms with Gasteiger partial charge in [0.25, 0.3) is 0 Å². The van der Waals surface area contributed by atoms with Crippen molar-refractivity contribution in [3.8, 4) is 0 Å². The van der Waals surface area contributed by atoms with Crippen molar-refractivity contribution in [3.63, 3.8) is 0 Å². The molecule has 0 saturated heterocycles. The Labute approximate surface area is 463 Å². The van der Waals surface area contributed by atoms with Gasteiger partial charge in [0.2, 0.25) is 0 Å². The summed E-state index contributed by atoms with van der Waals surface area (Å²) in [5.41, 5.74) is 0. The largest absolute Gasteiger partial charge is 0.529 e. The molecule has 76 heavy (non-hydrogen) atoms. The van der Waals surface area contributed by atoms with Crippen LogP contribution in [-0.2, 0) is 91.0 Å². The van der Waals surface area contributed by atoms with E-state index >= 15 is 0 Å². The smallest absolute Gasteiger partial charge is 0.412 e. The number of phosphoric acid groups is 4. The van der Waals surface area contributed by atoms with Crippen LogP contribution in [0.3, 0.4) is 0 Å². The van der Waals surface area contributed by atoms with Crippen molar-refractivity contribution in [3.05, 3.63) is 110 Å². The van der Waals surface area contributed by atoms with E-state index in [4.69, 9.17) is 65.5 Å². The van der Waals surface area contributed by atoms with Gasteiger partial charge in [-0.1, -0.05) is 95.7 Å². The summed E-state index contributed by atoms with van der Waals surface area (Å²) >= 11 is 5.25. The zero-order chi connectivity index (χ0) is 59.1. The quantitative estimate of drug-likeness (QED) is 0.0183. The van der Waals surface area contributed by atoms with E-state index in [9.17, 15) is 27.6 Å². The number of phosphoric ester groups is 4. The van der Waals surface area contributed by atoms with Crippen LogP contribution in [0.4, 0.5) is 0 Å².